The van der Waals surface area contributed by atoms with Crippen molar-refractivity contribution in [2.75, 3.05) is 14.2 Å². The number of carboxylic acid groups (broad SMARTS) is 1. The molecule has 0 unspecified atom stereocenters. The summed E-state index contributed by atoms with van der Waals surface area (Å²) in [4.78, 5) is 25.6. The fourth-order valence-corrected chi connectivity index (χ4v) is 2.09. The van der Waals surface area contributed by atoms with E-state index in [1.807, 2.05) is 0 Å². The van der Waals surface area contributed by atoms with Crippen LogP contribution in [0.2, 0.25) is 5.02 Å². The summed E-state index contributed by atoms with van der Waals surface area (Å²) >= 11 is 5.99. The Hall–Kier alpha value is -2.21. The van der Waals surface area contributed by atoms with E-state index in [-0.39, 0.29) is 33.1 Å². The fraction of sp³-hybridized carbons (Fsp3) is 0.167. The number of halogens is 1. The molecule has 0 fully saturated rings. The van der Waals surface area contributed by atoms with Crippen molar-refractivity contribution < 1.29 is 19.4 Å². The molecule has 100 valence electrons. The number of methoxy groups -OCH3 is 2. The molecule has 7 heteroatoms. The Balaban J connectivity index is 2.99. The average molecular weight is 284 g/mol. The zero-order valence-electron chi connectivity index (χ0n) is 10.1. The van der Waals surface area contributed by atoms with Crippen LogP contribution < -0.4 is 14.9 Å². The number of carbonyl (C=O) groups is 1. The van der Waals surface area contributed by atoms with Crippen molar-refractivity contribution in [3.8, 4) is 11.5 Å². The number of pyridine rings is 1. The Kier molecular flexibility index (Phi) is 3.35. The highest BCUT2D eigenvalue weighted by atomic mass is 35.5. The normalized spacial score (nSPS) is 10.5. The number of benzene rings is 1. The molecular weight excluding hydrogens is 274 g/mol. The summed E-state index contributed by atoms with van der Waals surface area (Å²) in [5, 5.41) is 9.30. The second kappa shape index (κ2) is 4.81. The van der Waals surface area contributed by atoms with Gasteiger partial charge < -0.3 is 19.6 Å². The van der Waals surface area contributed by atoms with E-state index in [1.54, 1.807) is 0 Å². The lowest BCUT2D eigenvalue weighted by atomic mass is 10.1. The van der Waals surface area contributed by atoms with Crippen LogP contribution in [0.25, 0.3) is 10.9 Å². The van der Waals surface area contributed by atoms with E-state index < -0.39 is 11.4 Å². The van der Waals surface area contributed by atoms with E-state index in [4.69, 9.17) is 26.2 Å². The topological polar surface area (TPSA) is 88.6 Å². The maximum Gasteiger partial charge on any atom is 0.352 e. The van der Waals surface area contributed by atoms with Gasteiger partial charge in [0.05, 0.1) is 30.1 Å². The molecule has 1 aromatic carbocycles. The van der Waals surface area contributed by atoms with Gasteiger partial charge in [0.1, 0.15) is 11.4 Å². The number of fused-ring (bicyclic) bond motifs is 1. The molecule has 1 aromatic heterocycles. The van der Waals surface area contributed by atoms with Crippen LogP contribution in [0.5, 0.6) is 11.5 Å². The Labute approximate surface area is 112 Å². The molecule has 19 heavy (non-hydrogen) atoms. The molecule has 6 nitrogen and oxygen atoms in total. The van der Waals surface area contributed by atoms with Crippen molar-refractivity contribution in [3.63, 3.8) is 0 Å². The minimum Gasteiger partial charge on any atom is -0.494 e. The third-order valence-electron chi connectivity index (χ3n) is 2.63. The van der Waals surface area contributed by atoms with Gasteiger partial charge in [-0.3, -0.25) is 4.79 Å². The molecule has 2 N–H and O–H groups in total. The number of ether oxygens (including phenoxy) is 2. The second-order valence-corrected chi connectivity index (χ2v) is 4.10. The first-order valence-corrected chi connectivity index (χ1v) is 5.58. The molecular formula is C12H10ClNO5. The molecule has 0 saturated carbocycles. The molecule has 0 atom stereocenters. The largest absolute Gasteiger partial charge is 0.494 e. The lowest BCUT2D eigenvalue weighted by Gasteiger charge is -2.11. The van der Waals surface area contributed by atoms with Gasteiger partial charge in [-0.25, -0.2) is 4.79 Å². The SMILES string of the molecule is COc1cc(Cl)c(OC)c2c(=O)cc(C(=O)O)[nH]c12. The van der Waals surface area contributed by atoms with Gasteiger partial charge in [0, 0.05) is 12.1 Å². The Morgan fingerprint density at radius 1 is 1.32 bits per heavy atom. The van der Waals surface area contributed by atoms with Crippen molar-refractivity contribution in [2.45, 2.75) is 0 Å². The van der Waals surface area contributed by atoms with Gasteiger partial charge in [-0.1, -0.05) is 11.6 Å². The van der Waals surface area contributed by atoms with Crippen LogP contribution in [0.15, 0.2) is 16.9 Å². The lowest BCUT2D eigenvalue weighted by Crippen LogP contribution is -2.11. The van der Waals surface area contributed by atoms with Crippen LogP contribution >= 0.6 is 11.6 Å². The Morgan fingerprint density at radius 3 is 2.53 bits per heavy atom. The summed E-state index contributed by atoms with van der Waals surface area (Å²) in [5.41, 5.74) is -0.516. The van der Waals surface area contributed by atoms with E-state index in [0.717, 1.165) is 6.07 Å². The number of hydrogen-bond donors (Lipinski definition) is 2. The van der Waals surface area contributed by atoms with Crippen LogP contribution in [0.1, 0.15) is 10.5 Å². The van der Waals surface area contributed by atoms with Crippen molar-refractivity contribution in [3.05, 3.63) is 33.1 Å². The number of rotatable bonds is 3. The summed E-state index contributed by atoms with van der Waals surface area (Å²) in [7, 11) is 2.76. The van der Waals surface area contributed by atoms with Gasteiger partial charge >= 0.3 is 5.97 Å². The summed E-state index contributed by atoms with van der Waals surface area (Å²) in [6.45, 7) is 0. The first-order chi connectivity index (χ1) is 8.99. The van der Waals surface area contributed by atoms with Crippen molar-refractivity contribution in [2.24, 2.45) is 0 Å². The van der Waals surface area contributed by atoms with E-state index in [9.17, 15) is 9.59 Å². The summed E-state index contributed by atoms with van der Waals surface area (Å²) in [5.74, 6) is -0.799. The first-order valence-electron chi connectivity index (χ1n) is 5.20. The zero-order valence-corrected chi connectivity index (χ0v) is 10.9. The van der Waals surface area contributed by atoms with Gasteiger partial charge in [-0.15, -0.1) is 0 Å². The summed E-state index contributed by atoms with van der Waals surface area (Å²) in [6, 6.07) is 2.42. The van der Waals surface area contributed by atoms with Gasteiger partial charge in [-0.05, 0) is 0 Å². The number of hydrogen-bond acceptors (Lipinski definition) is 4. The van der Waals surface area contributed by atoms with E-state index in [1.165, 1.54) is 20.3 Å². The molecule has 0 amide bonds. The molecule has 2 aromatic rings. The highest BCUT2D eigenvalue weighted by Gasteiger charge is 2.18. The maximum absolute atomic E-state index is 12.0. The number of aromatic carboxylic acids is 1. The first kappa shape index (κ1) is 13.2. The molecule has 0 bridgehead atoms. The predicted octanol–water partition coefficient (Wildman–Crippen LogP) is 1.90. The highest BCUT2D eigenvalue weighted by molar-refractivity contribution is 6.33. The third-order valence-corrected chi connectivity index (χ3v) is 2.91. The van der Waals surface area contributed by atoms with E-state index in [2.05, 4.69) is 4.98 Å². The van der Waals surface area contributed by atoms with Gasteiger partial charge in [0.2, 0.25) is 0 Å². The Bertz CT molecular complexity index is 722. The van der Waals surface area contributed by atoms with Crippen LogP contribution in [0.4, 0.5) is 0 Å². The molecule has 0 aliphatic rings. The van der Waals surface area contributed by atoms with Crippen LogP contribution in [0.3, 0.4) is 0 Å². The summed E-state index contributed by atoms with van der Waals surface area (Å²) in [6.07, 6.45) is 0. The van der Waals surface area contributed by atoms with E-state index in [0.29, 0.717) is 0 Å². The van der Waals surface area contributed by atoms with E-state index >= 15 is 0 Å². The van der Waals surface area contributed by atoms with Crippen molar-refractivity contribution in [1.82, 2.24) is 4.98 Å². The van der Waals surface area contributed by atoms with Gasteiger partial charge in [0.25, 0.3) is 0 Å². The van der Waals surface area contributed by atoms with Crippen LogP contribution in [-0.2, 0) is 0 Å². The minimum absolute atomic E-state index is 0.150. The molecule has 0 radical (unpaired) electrons. The number of nitrogens with one attached hydrogen (secondary N) is 1. The fourth-order valence-electron chi connectivity index (χ4n) is 1.82. The maximum atomic E-state index is 12.0. The zero-order chi connectivity index (χ0) is 14.2. The number of aromatic amines is 1. The predicted molar refractivity (Wildman–Crippen MR) is 69.6 cm³/mol. The molecule has 0 aliphatic carbocycles. The number of aromatic nitrogens is 1. The average Bonchev–Trinajstić information content (AvgIpc) is 2.38. The van der Waals surface area contributed by atoms with Crippen molar-refractivity contribution >= 4 is 28.5 Å². The molecule has 1 heterocycles. The smallest absolute Gasteiger partial charge is 0.352 e. The van der Waals surface area contributed by atoms with Crippen LogP contribution in [-0.4, -0.2) is 30.3 Å². The minimum atomic E-state index is -1.24. The second-order valence-electron chi connectivity index (χ2n) is 3.70. The van der Waals surface area contributed by atoms with Gasteiger partial charge in [0.15, 0.2) is 11.2 Å². The summed E-state index contributed by atoms with van der Waals surface area (Å²) < 4.78 is 10.2. The molecule has 2 rings (SSSR count). The Morgan fingerprint density at radius 2 is 2.00 bits per heavy atom. The quantitative estimate of drug-likeness (QED) is 0.898. The third kappa shape index (κ3) is 2.10. The monoisotopic (exact) mass is 283 g/mol. The lowest BCUT2D eigenvalue weighted by molar-refractivity contribution is 0.0691. The van der Waals surface area contributed by atoms with Gasteiger partial charge in [-0.2, -0.15) is 0 Å². The van der Waals surface area contributed by atoms with Crippen LogP contribution in [0, 0.1) is 0 Å². The molecule has 0 spiro atoms. The number of H-pyrrole nitrogens is 1. The standard InChI is InChI=1S/C12H10ClNO5/c1-18-8-3-5(13)11(19-2)9-7(15)4-6(12(16)17)14-10(8)9/h3-4H,1-2H3,(H,14,15)(H,16,17). The van der Waals surface area contributed by atoms with Crippen molar-refractivity contribution in [1.29, 1.82) is 0 Å². The highest BCUT2D eigenvalue weighted by Crippen LogP contribution is 2.36. The molecule has 0 saturated heterocycles. The number of carboxylic acids is 1. The molecule has 0 aliphatic heterocycles.